The summed E-state index contributed by atoms with van der Waals surface area (Å²) in [5.41, 5.74) is -2.33. The first-order chi connectivity index (χ1) is 22.0. The van der Waals surface area contributed by atoms with E-state index in [4.69, 9.17) is 34.9 Å². The highest BCUT2D eigenvalue weighted by Gasteiger charge is 2.43. The number of nitrogens with zero attached hydrogens (tertiary/aromatic N) is 2. The fourth-order valence-corrected chi connectivity index (χ4v) is 7.27. The fourth-order valence-electron chi connectivity index (χ4n) is 5.10. The van der Waals surface area contributed by atoms with E-state index in [1.54, 1.807) is 0 Å². The first-order valence-corrected chi connectivity index (χ1v) is 17.7. The Morgan fingerprint density at radius 2 is 1.55 bits per heavy atom. The first kappa shape index (κ1) is 37.0. The van der Waals surface area contributed by atoms with E-state index >= 15 is 0 Å². The van der Waals surface area contributed by atoms with Gasteiger partial charge in [-0.15, -0.1) is 0 Å². The number of aromatic nitrogens is 4. The number of aryl methyl sites for hydroxylation is 2. The molecule has 4 rings (SSSR count). The van der Waals surface area contributed by atoms with Crippen molar-refractivity contribution in [3.8, 4) is 0 Å². The topological polar surface area (TPSA) is 225 Å². The zero-order chi connectivity index (χ0) is 34.7. The minimum atomic E-state index is -3.70. The van der Waals surface area contributed by atoms with Crippen LogP contribution in [0.3, 0.4) is 0 Å². The summed E-state index contributed by atoms with van der Waals surface area (Å²) in [5.74, 6) is -0.188. The molecule has 0 saturated carbocycles. The summed E-state index contributed by atoms with van der Waals surface area (Å²) < 4.78 is 32.2. The number of hydrogen-bond donors (Lipinski definition) is 5. The Labute approximate surface area is 274 Å². The second-order valence-electron chi connectivity index (χ2n) is 12.6. The van der Waals surface area contributed by atoms with E-state index in [1.807, 2.05) is 20.8 Å². The lowest BCUT2D eigenvalue weighted by atomic mass is 10.1. The number of aromatic amines is 2. The van der Waals surface area contributed by atoms with E-state index in [-0.39, 0.29) is 55.9 Å². The molecule has 17 nitrogen and oxygen atoms in total. The molecule has 2 aromatic rings. The maximum absolute atomic E-state index is 12.5. The molecule has 47 heavy (non-hydrogen) atoms. The Bertz CT molecular complexity index is 1720. The van der Waals surface area contributed by atoms with Crippen molar-refractivity contribution < 1.29 is 38.1 Å². The molecule has 0 aliphatic carbocycles. The van der Waals surface area contributed by atoms with E-state index in [1.165, 1.54) is 35.4 Å². The van der Waals surface area contributed by atoms with Crippen molar-refractivity contribution in [3.63, 3.8) is 0 Å². The molecular formula is C28H42N5O12PS. The van der Waals surface area contributed by atoms with Crippen LogP contribution in [0.1, 0.15) is 70.0 Å². The summed E-state index contributed by atoms with van der Waals surface area (Å²) >= 11 is 5.73. The van der Waals surface area contributed by atoms with Crippen LogP contribution in [0.2, 0.25) is 0 Å². The second kappa shape index (κ2) is 15.2. The van der Waals surface area contributed by atoms with E-state index in [2.05, 4.69) is 15.3 Å². The predicted molar refractivity (Wildman–Crippen MR) is 170 cm³/mol. The number of carbonyl (C=O) groups excluding carboxylic acids is 1. The largest absolute Gasteiger partial charge is 0.394 e. The lowest BCUT2D eigenvalue weighted by molar-refractivity contribution is -0.122. The SMILES string of the molecule is Cc1cn([C@H]2C[C@H](OP(=S)(OCCCC(=O)NC(C)(C)C)OC[C@H]3O[C@@H](n4cc(C)c(=O)[nH]c4=O)C[C@@H]3O)[C@@H](CO)O2)c(=O)[nH]c1=O. The third-order valence-corrected chi connectivity index (χ3v) is 9.83. The Morgan fingerprint density at radius 3 is 2.11 bits per heavy atom. The maximum atomic E-state index is 12.5. The van der Waals surface area contributed by atoms with Crippen LogP contribution in [0, 0.1) is 13.8 Å². The number of carbonyl (C=O) groups is 1. The number of hydrogen-bond acceptors (Lipinski definition) is 13. The Hall–Kier alpha value is -2.80. The number of aliphatic hydroxyl groups excluding tert-OH is 2. The van der Waals surface area contributed by atoms with Crippen molar-refractivity contribution >= 4 is 24.4 Å². The minimum Gasteiger partial charge on any atom is -0.394 e. The smallest absolute Gasteiger partial charge is 0.330 e. The monoisotopic (exact) mass is 703 g/mol. The van der Waals surface area contributed by atoms with Gasteiger partial charge in [-0.3, -0.25) is 33.5 Å². The molecule has 2 aromatic heterocycles. The van der Waals surface area contributed by atoms with E-state index < -0.39 is 78.2 Å². The van der Waals surface area contributed by atoms with Crippen LogP contribution in [0.25, 0.3) is 0 Å². The van der Waals surface area contributed by atoms with Gasteiger partial charge in [-0.1, -0.05) is 0 Å². The average Bonchev–Trinajstić information content (AvgIpc) is 3.55. The molecule has 5 N–H and O–H groups in total. The molecule has 1 unspecified atom stereocenters. The summed E-state index contributed by atoms with van der Waals surface area (Å²) in [4.78, 5) is 65.3. The van der Waals surface area contributed by atoms with Crippen LogP contribution in [-0.4, -0.2) is 85.0 Å². The highest BCUT2D eigenvalue weighted by Crippen LogP contribution is 2.54. The van der Waals surface area contributed by atoms with Gasteiger partial charge in [0.1, 0.15) is 24.7 Å². The normalized spacial score (nSPS) is 25.9. The van der Waals surface area contributed by atoms with Gasteiger partial charge in [0.15, 0.2) is 0 Å². The van der Waals surface area contributed by atoms with Crippen molar-refractivity contribution in [1.29, 1.82) is 0 Å². The van der Waals surface area contributed by atoms with Gasteiger partial charge in [0, 0.05) is 48.3 Å². The molecule has 2 saturated heterocycles. The third kappa shape index (κ3) is 9.64. The van der Waals surface area contributed by atoms with E-state index in [9.17, 15) is 34.2 Å². The molecule has 2 aliphatic heterocycles. The molecule has 0 radical (unpaired) electrons. The van der Waals surface area contributed by atoms with Gasteiger partial charge in [-0.2, -0.15) is 0 Å². The highest BCUT2D eigenvalue weighted by atomic mass is 32.5. The van der Waals surface area contributed by atoms with Crippen molar-refractivity contribution in [1.82, 2.24) is 24.4 Å². The quantitative estimate of drug-likeness (QED) is 0.137. The second-order valence-corrected chi connectivity index (χ2v) is 15.5. The lowest BCUT2D eigenvalue weighted by Crippen LogP contribution is -2.40. The predicted octanol–water partition coefficient (Wildman–Crippen LogP) is -0.0304. The van der Waals surface area contributed by atoms with Crippen LogP contribution in [0.15, 0.2) is 31.6 Å². The van der Waals surface area contributed by atoms with Gasteiger partial charge in [-0.05, 0) is 52.8 Å². The highest BCUT2D eigenvalue weighted by molar-refractivity contribution is 8.07. The third-order valence-electron chi connectivity index (χ3n) is 7.45. The van der Waals surface area contributed by atoms with Gasteiger partial charge in [0.2, 0.25) is 5.91 Å². The van der Waals surface area contributed by atoms with Gasteiger partial charge < -0.3 is 38.6 Å². The van der Waals surface area contributed by atoms with Crippen molar-refractivity contribution in [2.24, 2.45) is 0 Å². The number of H-pyrrole nitrogens is 2. The molecule has 0 spiro atoms. The first-order valence-electron chi connectivity index (χ1n) is 15.1. The van der Waals surface area contributed by atoms with Crippen molar-refractivity contribution in [2.45, 2.75) is 103 Å². The number of ether oxygens (including phenoxy) is 2. The van der Waals surface area contributed by atoms with Crippen molar-refractivity contribution in [3.05, 3.63) is 65.2 Å². The molecule has 4 heterocycles. The summed E-state index contributed by atoms with van der Waals surface area (Å²) in [5, 5.41) is 23.7. The zero-order valence-electron chi connectivity index (χ0n) is 26.8. The number of aliphatic hydroxyl groups is 2. The Balaban J connectivity index is 1.48. The Kier molecular flexibility index (Phi) is 12.0. The van der Waals surface area contributed by atoms with Crippen LogP contribution in [0.4, 0.5) is 0 Å². The van der Waals surface area contributed by atoms with E-state index in [0.717, 1.165) is 0 Å². The molecule has 19 heteroatoms. The molecule has 2 fully saturated rings. The van der Waals surface area contributed by atoms with Crippen LogP contribution >= 0.6 is 6.72 Å². The fraction of sp³-hybridized carbons (Fsp3) is 0.679. The van der Waals surface area contributed by atoms with E-state index in [0.29, 0.717) is 0 Å². The molecular weight excluding hydrogens is 661 g/mol. The summed E-state index contributed by atoms with van der Waals surface area (Å²) in [7, 11) is 0. The maximum Gasteiger partial charge on any atom is 0.330 e. The summed E-state index contributed by atoms with van der Waals surface area (Å²) in [6.07, 6.45) is -2.57. The number of rotatable bonds is 13. The summed E-state index contributed by atoms with van der Waals surface area (Å²) in [6, 6.07) is 0. The van der Waals surface area contributed by atoms with Gasteiger partial charge in [0.25, 0.3) is 11.1 Å². The molecule has 1 amide bonds. The van der Waals surface area contributed by atoms with Gasteiger partial charge >= 0.3 is 18.1 Å². The minimum absolute atomic E-state index is 0.0188. The molecule has 2 aliphatic rings. The van der Waals surface area contributed by atoms with Gasteiger partial charge in [0.05, 0.1) is 32.0 Å². The molecule has 262 valence electrons. The Morgan fingerprint density at radius 1 is 1.00 bits per heavy atom. The van der Waals surface area contributed by atoms with Gasteiger partial charge in [-0.25, -0.2) is 9.59 Å². The van der Waals surface area contributed by atoms with Crippen molar-refractivity contribution in [2.75, 3.05) is 19.8 Å². The molecule has 0 aromatic carbocycles. The van der Waals surface area contributed by atoms with Crippen LogP contribution in [-0.2, 0) is 39.6 Å². The molecule has 7 atom stereocenters. The lowest BCUT2D eigenvalue weighted by Gasteiger charge is -2.28. The summed E-state index contributed by atoms with van der Waals surface area (Å²) in [6.45, 7) is 4.10. The standard InChI is InChI=1S/C28H42N5O12PS/c1-15-11-32(26(39)29-24(15)37)22-9-17(35)20(44-22)14-42-46(47,41-8-6-7-21(36)31-28(3,4)5)45-18-10-23(43-19(18)13-34)33-12-16(2)25(38)30-27(33)40/h11-12,17-20,22-23,34-35H,6-10,13-14H2,1-5H3,(H,31,36)(H,29,37,39)(H,30,38,40)/t17-,18-,19+,20+,22+,23+,46?/m0/s1. The zero-order valence-corrected chi connectivity index (χ0v) is 28.5. The number of nitrogens with one attached hydrogen (secondary N) is 3. The number of amides is 1. The molecule has 0 bridgehead atoms. The van der Waals surface area contributed by atoms with Crippen LogP contribution in [0.5, 0.6) is 0 Å². The van der Waals surface area contributed by atoms with Crippen LogP contribution < -0.4 is 27.8 Å². The average molecular weight is 704 g/mol.